The van der Waals surface area contributed by atoms with Crippen molar-refractivity contribution < 1.29 is 9.53 Å². The summed E-state index contributed by atoms with van der Waals surface area (Å²) in [5.74, 6) is 0.751. The molecule has 1 heterocycles. The van der Waals surface area contributed by atoms with Crippen molar-refractivity contribution in [1.82, 2.24) is 0 Å². The third kappa shape index (κ3) is 1.08. The highest BCUT2D eigenvalue weighted by Gasteiger charge is 2.36. The van der Waals surface area contributed by atoms with Crippen LogP contribution < -0.4 is 0 Å². The highest BCUT2D eigenvalue weighted by molar-refractivity contribution is 5.87. The molecule has 10 heavy (non-hydrogen) atoms. The van der Waals surface area contributed by atoms with Crippen LogP contribution in [-0.4, -0.2) is 18.5 Å². The zero-order valence-corrected chi connectivity index (χ0v) is 6.01. The zero-order chi connectivity index (χ0) is 6.97. The van der Waals surface area contributed by atoms with E-state index in [2.05, 4.69) is 0 Å². The molecule has 1 aliphatic heterocycles. The van der Waals surface area contributed by atoms with E-state index in [1.807, 2.05) is 0 Å². The lowest BCUT2D eigenvalue weighted by Gasteiger charge is -2.05. The Kier molecular flexibility index (Phi) is 1.49. The first-order valence-corrected chi connectivity index (χ1v) is 4.03. The largest absolute Gasteiger partial charge is 0.370 e. The van der Waals surface area contributed by atoms with Crippen LogP contribution in [0.5, 0.6) is 0 Å². The Morgan fingerprint density at radius 3 is 2.60 bits per heavy atom. The third-order valence-electron chi connectivity index (χ3n) is 2.23. The van der Waals surface area contributed by atoms with Gasteiger partial charge in [-0.1, -0.05) is 0 Å². The van der Waals surface area contributed by atoms with Gasteiger partial charge < -0.3 is 4.74 Å². The standard InChI is InChI=1S/C8H12O2/c9-8(6-3-4-6)7-2-1-5-10-7/h6-7H,1-5H2/t7-/m0/s1. The van der Waals surface area contributed by atoms with Gasteiger partial charge in [0.05, 0.1) is 0 Å². The summed E-state index contributed by atoms with van der Waals surface area (Å²) in [6.45, 7) is 0.795. The van der Waals surface area contributed by atoms with Crippen LogP contribution in [0.25, 0.3) is 0 Å². The number of hydrogen-bond acceptors (Lipinski definition) is 2. The number of carbonyl (C=O) groups is 1. The van der Waals surface area contributed by atoms with E-state index < -0.39 is 0 Å². The summed E-state index contributed by atoms with van der Waals surface area (Å²) < 4.78 is 5.27. The SMILES string of the molecule is O=C(C1CC1)[C@@H]1CCCO1. The molecule has 1 saturated carbocycles. The Morgan fingerprint density at radius 2 is 2.10 bits per heavy atom. The summed E-state index contributed by atoms with van der Waals surface area (Å²) in [5, 5.41) is 0. The molecular weight excluding hydrogens is 128 g/mol. The first kappa shape index (κ1) is 6.35. The lowest BCUT2D eigenvalue weighted by molar-refractivity contribution is -0.129. The van der Waals surface area contributed by atoms with Crippen molar-refractivity contribution in [2.75, 3.05) is 6.61 Å². The molecule has 0 aromatic rings. The quantitative estimate of drug-likeness (QED) is 0.575. The van der Waals surface area contributed by atoms with E-state index in [-0.39, 0.29) is 6.10 Å². The van der Waals surface area contributed by atoms with Crippen LogP contribution in [-0.2, 0) is 9.53 Å². The Balaban J connectivity index is 1.90. The minimum Gasteiger partial charge on any atom is -0.370 e. The van der Waals surface area contributed by atoms with Crippen molar-refractivity contribution in [3.05, 3.63) is 0 Å². The second-order valence-electron chi connectivity index (χ2n) is 3.18. The second kappa shape index (κ2) is 2.35. The first-order valence-electron chi connectivity index (χ1n) is 4.03. The molecule has 0 spiro atoms. The molecule has 2 heteroatoms. The van der Waals surface area contributed by atoms with E-state index in [1.54, 1.807) is 0 Å². The smallest absolute Gasteiger partial charge is 0.164 e. The number of Topliss-reactive ketones (excluding diaryl/α,β-unsaturated/α-hetero) is 1. The van der Waals surface area contributed by atoms with Crippen LogP contribution in [0.3, 0.4) is 0 Å². The predicted molar refractivity (Wildman–Crippen MR) is 36.7 cm³/mol. The molecule has 2 rings (SSSR count). The van der Waals surface area contributed by atoms with Crippen LogP contribution in [0, 0.1) is 5.92 Å². The summed E-state index contributed by atoms with van der Waals surface area (Å²) in [5.41, 5.74) is 0. The van der Waals surface area contributed by atoms with Gasteiger partial charge >= 0.3 is 0 Å². The van der Waals surface area contributed by atoms with Crippen LogP contribution >= 0.6 is 0 Å². The van der Waals surface area contributed by atoms with Crippen LogP contribution in [0.4, 0.5) is 0 Å². The van der Waals surface area contributed by atoms with Crippen LogP contribution in [0.1, 0.15) is 25.7 Å². The van der Waals surface area contributed by atoms with Gasteiger partial charge in [0.15, 0.2) is 5.78 Å². The number of carbonyl (C=O) groups excluding carboxylic acids is 1. The maximum atomic E-state index is 11.3. The first-order chi connectivity index (χ1) is 4.88. The molecule has 0 amide bonds. The molecule has 1 aliphatic carbocycles. The molecule has 2 nitrogen and oxygen atoms in total. The molecule has 2 aliphatic rings. The van der Waals surface area contributed by atoms with Crippen molar-refractivity contribution >= 4 is 5.78 Å². The maximum absolute atomic E-state index is 11.3. The molecule has 0 N–H and O–H groups in total. The van der Waals surface area contributed by atoms with Gasteiger partial charge in [0.25, 0.3) is 0 Å². The van der Waals surface area contributed by atoms with Gasteiger partial charge in [0.2, 0.25) is 0 Å². The summed E-state index contributed by atoms with van der Waals surface area (Å²) in [7, 11) is 0. The maximum Gasteiger partial charge on any atom is 0.164 e. The second-order valence-corrected chi connectivity index (χ2v) is 3.18. The van der Waals surface area contributed by atoms with E-state index in [4.69, 9.17) is 4.74 Å². The van der Waals surface area contributed by atoms with Crippen molar-refractivity contribution in [3.63, 3.8) is 0 Å². The van der Waals surface area contributed by atoms with E-state index in [0.29, 0.717) is 11.7 Å². The topological polar surface area (TPSA) is 26.3 Å². The molecule has 0 aromatic carbocycles. The summed E-state index contributed by atoms with van der Waals surface area (Å²) in [6.07, 6.45) is 4.24. The van der Waals surface area contributed by atoms with E-state index in [0.717, 1.165) is 32.3 Å². The Hall–Kier alpha value is -0.370. The molecule has 0 radical (unpaired) electrons. The van der Waals surface area contributed by atoms with Crippen molar-refractivity contribution in [3.8, 4) is 0 Å². The Morgan fingerprint density at radius 1 is 1.30 bits per heavy atom. The molecular formula is C8H12O2. The van der Waals surface area contributed by atoms with Crippen LogP contribution in [0.15, 0.2) is 0 Å². The summed E-state index contributed by atoms with van der Waals surface area (Å²) >= 11 is 0. The van der Waals surface area contributed by atoms with Gasteiger partial charge in [-0.15, -0.1) is 0 Å². The molecule has 2 fully saturated rings. The minimum absolute atomic E-state index is 0.0208. The zero-order valence-electron chi connectivity index (χ0n) is 6.01. The number of hydrogen-bond donors (Lipinski definition) is 0. The number of ether oxygens (including phenoxy) is 1. The fourth-order valence-corrected chi connectivity index (χ4v) is 1.43. The average molecular weight is 140 g/mol. The van der Waals surface area contributed by atoms with Gasteiger partial charge in [-0.05, 0) is 25.7 Å². The lowest BCUT2D eigenvalue weighted by atomic mass is 10.1. The van der Waals surface area contributed by atoms with Gasteiger partial charge in [-0.2, -0.15) is 0 Å². The molecule has 0 unspecified atom stereocenters. The molecule has 1 saturated heterocycles. The summed E-state index contributed by atoms with van der Waals surface area (Å²) in [4.78, 5) is 11.3. The monoisotopic (exact) mass is 140 g/mol. The average Bonchev–Trinajstić information content (AvgIpc) is 2.65. The van der Waals surface area contributed by atoms with Crippen molar-refractivity contribution in [2.45, 2.75) is 31.8 Å². The number of rotatable bonds is 2. The molecule has 0 bridgehead atoms. The normalized spacial score (nSPS) is 32.6. The van der Waals surface area contributed by atoms with E-state index in [9.17, 15) is 4.79 Å². The van der Waals surface area contributed by atoms with Gasteiger partial charge in [-0.3, -0.25) is 4.79 Å². The van der Waals surface area contributed by atoms with Crippen LogP contribution in [0.2, 0.25) is 0 Å². The molecule has 1 atom stereocenters. The van der Waals surface area contributed by atoms with Crippen molar-refractivity contribution in [1.29, 1.82) is 0 Å². The number of ketones is 1. The highest BCUT2D eigenvalue weighted by Crippen LogP contribution is 2.33. The fraction of sp³-hybridized carbons (Fsp3) is 0.875. The van der Waals surface area contributed by atoms with E-state index in [1.165, 1.54) is 0 Å². The van der Waals surface area contributed by atoms with Gasteiger partial charge in [0, 0.05) is 12.5 Å². The van der Waals surface area contributed by atoms with Gasteiger partial charge in [-0.25, -0.2) is 0 Å². The van der Waals surface area contributed by atoms with Gasteiger partial charge in [0.1, 0.15) is 6.10 Å². The van der Waals surface area contributed by atoms with Crippen molar-refractivity contribution in [2.24, 2.45) is 5.92 Å². The molecule has 56 valence electrons. The summed E-state index contributed by atoms with van der Waals surface area (Å²) in [6, 6.07) is 0. The Bertz CT molecular complexity index is 143. The van der Waals surface area contributed by atoms with E-state index >= 15 is 0 Å². The molecule has 0 aromatic heterocycles. The highest BCUT2D eigenvalue weighted by atomic mass is 16.5. The predicted octanol–water partition coefficient (Wildman–Crippen LogP) is 1.14. The minimum atomic E-state index is -0.0208. The third-order valence-corrected chi connectivity index (χ3v) is 2.23. The fourth-order valence-electron chi connectivity index (χ4n) is 1.43. The lowest BCUT2D eigenvalue weighted by Crippen LogP contribution is -2.20. The Labute approximate surface area is 60.6 Å².